The van der Waals surface area contributed by atoms with Crippen molar-refractivity contribution >= 4 is 5.97 Å². The summed E-state index contributed by atoms with van der Waals surface area (Å²) in [6, 6.07) is 6.04. The number of nitrogens with zero attached hydrogens (tertiary/aromatic N) is 1. The zero-order valence-electron chi connectivity index (χ0n) is 22.2. The van der Waals surface area contributed by atoms with Crippen molar-refractivity contribution in [1.29, 1.82) is 0 Å². The van der Waals surface area contributed by atoms with Crippen molar-refractivity contribution < 1.29 is 24.6 Å². The molecule has 2 atom stereocenters. The molecule has 5 nitrogen and oxygen atoms in total. The number of unbranched alkanes of at least 4 members (excludes halogenated alkanes) is 13. The van der Waals surface area contributed by atoms with Gasteiger partial charge in [-0.05, 0) is 24.1 Å². The van der Waals surface area contributed by atoms with Crippen LogP contribution in [-0.4, -0.2) is 58.6 Å². The van der Waals surface area contributed by atoms with Gasteiger partial charge in [0.15, 0.2) is 6.04 Å². The van der Waals surface area contributed by atoms with Gasteiger partial charge in [-0.15, -0.1) is 0 Å². The quantitative estimate of drug-likeness (QED) is 0.136. The monoisotopic (exact) mass is 478 g/mol. The number of rotatable bonds is 21. The highest BCUT2D eigenvalue weighted by Gasteiger charge is 2.36. The van der Waals surface area contributed by atoms with E-state index in [0.29, 0.717) is 13.0 Å². The Morgan fingerprint density at radius 2 is 1.24 bits per heavy atom. The number of likely N-dealkylation sites (N-methyl/N-ethyl adjacent to an activating group) is 1. The van der Waals surface area contributed by atoms with Gasteiger partial charge in [-0.2, -0.15) is 0 Å². The van der Waals surface area contributed by atoms with Crippen LogP contribution in [0.5, 0.6) is 5.75 Å². The molecule has 196 valence electrons. The van der Waals surface area contributed by atoms with E-state index in [2.05, 4.69) is 6.92 Å². The second-order valence-electron chi connectivity index (χ2n) is 10.7. The molecule has 0 fully saturated rings. The summed E-state index contributed by atoms with van der Waals surface area (Å²) >= 11 is 0. The van der Waals surface area contributed by atoms with Crippen LogP contribution in [0.15, 0.2) is 24.3 Å². The molecule has 34 heavy (non-hydrogen) atoms. The van der Waals surface area contributed by atoms with Gasteiger partial charge < -0.3 is 19.8 Å². The fraction of sp³-hybridized carbons (Fsp3) is 0.759. The van der Waals surface area contributed by atoms with Crippen molar-refractivity contribution in [2.75, 3.05) is 20.6 Å². The number of aromatic hydroxyl groups is 1. The van der Waals surface area contributed by atoms with E-state index in [1.807, 2.05) is 14.1 Å². The number of hydrogen-bond donors (Lipinski definition) is 3. The molecule has 0 amide bonds. The Morgan fingerprint density at radius 3 is 1.68 bits per heavy atom. The highest BCUT2D eigenvalue weighted by atomic mass is 16.4. The summed E-state index contributed by atoms with van der Waals surface area (Å²) < 4.78 is 0.232. The molecule has 0 bridgehead atoms. The second kappa shape index (κ2) is 17.8. The lowest BCUT2D eigenvalue weighted by Crippen LogP contribution is -2.57. The summed E-state index contributed by atoms with van der Waals surface area (Å²) in [6.07, 6.45) is 19.0. The van der Waals surface area contributed by atoms with Gasteiger partial charge in [0, 0.05) is 6.42 Å². The molecule has 0 aromatic heterocycles. The van der Waals surface area contributed by atoms with Gasteiger partial charge in [-0.3, -0.25) is 0 Å². The average molecular weight is 479 g/mol. The molecule has 0 aliphatic rings. The van der Waals surface area contributed by atoms with Crippen molar-refractivity contribution in [1.82, 2.24) is 0 Å². The maximum Gasteiger partial charge on any atom is 0.362 e. The van der Waals surface area contributed by atoms with Crippen LogP contribution in [0.4, 0.5) is 0 Å². The van der Waals surface area contributed by atoms with Crippen molar-refractivity contribution in [3.05, 3.63) is 29.8 Å². The van der Waals surface area contributed by atoms with E-state index < -0.39 is 18.1 Å². The molecule has 1 aromatic rings. The number of benzene rings is 1. The maximum absolute atomic E-state index is 11.9. The van der Waals surface area contributed by atoms with E-state index in [9.17, 15) is 20.1 Å². The van der Waals surface area contributed by atoms with Crippen molar-refractivity contribution in [2.45, 2.75) is 122 Å². The van der Waals surface area contributed by atoms with Crippen LogP contribution in [-0.2, 0) is 11.2 Å². The number of phenolic OH excluding ortho intramolecular Hbond substituents is 1. The minimum absolute atomic E-state index is 0.174. The van der Waals surface area contributed by atoms with E-state index in [1.54, 1.807) is 24.3 Å². The minimum Gasteiger partial charge on any atom is -0.508 e. The SMILES string of the molecule is CCCCCCCCCCCCCCCCC(O)C[N+](C)(C)C(Cc1ccc(O)cc1)C(=O)O. The van der Waals surface area contributed by atoms with Gasteiger partial charge in [0.25, 0.3) is 0 Å². The minimum atomic E-state index is -0.859. The molecular formula is C29H52NO4+. The number of aliphatic hydroxyl groups excluding tert-OH is 1. The molecule has 0 aliphatic heterocycles. The topological polar surface area (TPSA) is 77.8 Å². The van der Waals surface area contributed by atoms with Crippen LogP contribution in [0.3, 0.4) is 0 Å². The van der Waals surface area contributed by atoms with Crippen LogP contribution < -0.4 is 0 Å². The van der Waals surface area contributed by atoms with Crippen LogP contribution in [0, 0.1) is 0 Å². The number of aliphatic hydroxyl groups is 1. The zero-order valence-corrected chi connectivity index (χ0v) is 22.2. The van der Waals surface area contributed by atoms with Crippen LogP contribution in [0.1, 0.15) is 109 Å². The van der Waals surface area contributed by atoms with Crippen LogP contribution in [0.2, 0.25) is 0 Å². The summed E-state index contributed by atoms with van der Waals surface area (Å²) in [5, 5.41) is 29.8. The molecule has 3 N–H and O–H groups in total. The first-order valence-corrected chi connectivity index (χ1v) is 13.8. The van der Waals surface area contributed by atoms with E-state index in [1.165, 1.54) is 77.0 Å². The maximum atomic E-state index is 11.9. The number of quaternary nitrogens is 1. The molecule has 1 aromatic carbocycles. The van der Waals surface area contributed by atoms with E-state index in [4.69, 9.17) is 0 Å². The Balaban J connectivity index is 2.15. The number of aliphatic carboxylic acids is 1. The Labute approximate surface area is 208 Å². The van der Waals surface area contributed by atoms with Gasteiger partial charge in [0.05, 0.1) is 14.1 Å². The fourth-order valence-corrected chi connectivity index (χ4v) is 4.82. The number of carboxylic acid groups (broad SMARTS) is 1. The Hall–Kier alpha value is -1.59. The number of phenols is 1. The fourth-order valence-electron chi connectivity index (χ4n) is 4.82. The Morgan fingerprint density at radius 1 is 0.794 bits per heavy atom. The largest absolute Gasteiger partial charge is 0.508 e. The molecule has 0 aliphatic carbocycles. The first kappa shape index (κ1) is 30.4. The molecule has 1 rings (SSSR count). The molecule has 2 unspecified atom stereocenters. The smallest absolute Gasteiger partial charge is 0.362 e. The third-order valence-corrected chi connectivity index (χ3v) is 7.07. The van der Waals surface area contributed by atoms with Crippen molar-refractivity contribution in [3.63, 3.8) is 0 Å². The van der Waals surface area contributed by atoms with Crippen molar-refractivity contribution in [3.8, 4) is 5.75 Å². The lowest BCUT2D eigenvalue weighted by molar-refractivity contribution is -0.909. The third-order valence-electron chi connectivity index (χ3n) is 7.07. The van der Waals surface area contributed by atoms with Gasteiger partial charge in [-0.25, -0.2) is 4.79 Å². The number of hydrogen-bond acceptors (Lipinski definition) is 3. The first-order chi connectivity index (χ1) is 16.3. The summed E-state index contributed by atoms with van der Waals surface area (Å²) in [5.74, 6) is -0.685. The zero-order chi connectivity index (χ0) is 25.2. The number of carboxylic acids is 1. The molecule has 0 saturated heterocycles. The van der Waals surface area contributed by atoms with Gasteiger partial charge in [-0.1, -0.05) is 109 Å². The van der Waals surface area contributed by atoms with Gasteiger partial charge in [0.1, 0.15) is 18.4 Å². The van der Waals surface area contributed by atoms with Crippen LogP contribution in [0.25, 0.3) is 0 Å². The highest BCUT2D eigenvalue weighted by Crippen LogP contribution is 2.19. The average Bonchev–Trinajstić information content (AvgIpc) is 2.78. The standard InChI is InChI=1S/C29H51NO4/c1-4-5-6-7-8-9-10-11-12-13-14-15-16-17-18-27(32)24-30(2,3)28(29(33)34)23-25-19-21-26(31)22-20-25/h19-22,27-28,32H,4-18,23-24H2,1-3H3,(H-,31,33,34)/p+1. The molecule has 0 radical (unpaired) electrons. The molecule has 0 spiro atoms. The molecule has 0 heterocycles. The number of carbonyl (C=O) groups is 1. The lowest BCUT2D eigenvalue weighted by Gasteiger charge is -2.37. The Kier molecular flexibility index (Phi) is 15.9. The summed E-state index contributed by atoms with van der Waals surface area (Å²) in [7, 11) is 3.77. The summed E-state index contributed by atoms with van der Waals surface area (Å²) in [5.41, 5.74) is 0.873. The molecule has 0 saturated carbocycles. The predicted octanol–water partition coefficient (Wildman–Crippen LogP) is 6.70. The second-order valence-corrected chi connectivity index (χ2v) is 10.7. The van der Waals surface area contributed by atoms with Gasteiger partial charge in [0.2, 0.25) is 0 Å². The Bertz CT molecular complexity index is 644. The highest BCUT2D eigenvalue weighted by molar-refractivity contribution is 5.72. The summed E-state index contributed by atoms with van der Waals surface area (Å²) in [6.45, 7) is 2.69. The predicted molar refractivity (Wildman–Crippen MR) is 141 cm³/mol. The first-order valence-electron chi connectivity index (χ1n) is 13.8. The molecular weight excluding hydrogens is 426 g/mol. The van der Waals surface area contributed by atoms with E-state index in [-0.39, 0.29) is 10.2 Å². The van der Waals surface area contributed by atoms with Crippen LogP contribution >= 0.6 is 0 Å². The van der Waals surface area contributed by atoms with Gasteiger partial charge >= 0.3 is 5.97 Å². The third kappa shape index (κ3) is 14.0. The normalized spacial score (nSPS) is 13.6. The van der Waals surface area contributed by atoms with E-state index in [0.717, 1.165) is 24.8 Å². The lowest BCUT2D eigenvalue weighted by atomic mass is 10.0. The van der Waals surface area contributed by atoms with Crippen molar-refractivity contribution in [2.24, 2.45) is 0 Å². The summed E-state index contributed by atoms with van der Waals surface area (Å²) in [4.78, 5) is 11.9. The van der Waals surface area contributed by atoms with E-state index >= 15 is 0 Å². The molecule has 5 heteroatoms.